The zero-order valence-corrected chi connectivity index (χ0v) is 21.0. The van der Waals surface area contributed by atoms with Crippen LogP contribution in [0.15, 0.2) is 146 Å². The van der Waals surface area contributed by atoms with E-state index in [1.54, 1.807) is 0 Å². The summed E-state index contributed by atoms with van der Waals surface area (Å²) < 4.78 is 0. The van der Waals surface area contributed by atoms with Gasteiger partial charge in [0.15, 0.2) is 0 Å². The maximum Gasteiger partial charge on any atom is -0.00261 e. The highest BCUT2D eigenvalue weighted by atomic mass is 14.2. The van der Waals surface area contributed by atoms with E-state index >= 15 is 0 Å². The van der Waals surface area contributed by atoms with Crippen molar-refractivity contribution in [3.8, 4) is 22.3 Å². The number of benzene rings is 6. The fraction of sp³-hybridized carbons (Fsp3) is 0.0270. The van der Waals surface area contributed by atoms with Crippen molar-refractivity contribution in [2.75, 3.05) is 0 Å². The standard InChI is InChI=1S/C37H28/c1-3-5-14-26(4-2)30-22-13-17-27-23-24-29(25-35(27)30)37-33-20-11-9-18-31(33)36(28-15-7-6-8-16-28)32-19-10-12-21-34(32)37/h3-25H,2H2,1H3/b5-3?,26-14+. The van der Waals surface area contributed by atoms with Crippen LogP contribution in [0.25, 0.3) is 60.1 Å². The highest BCUT2D eigenvalue weighted by Gasteiger charge is 2.17. The molecule has 0 nitrogen and oxygen atoms in total. The van der Waals surface area contributed by atoms with Crippen LogP contribution >= 0.6 is 0 Å². The lowest BCUT2D eigenvalue weighted by Crippen LogP contribution is -1.91. The maximum atomic E-state index is 4.10. The molecule has 0 aliphatic heterocycles. The van der Waals surface area contributed by atoms with Gasteiger partial charge in [-0.1, -0.05) is 140 Å². The van der Waals surface area contributed by atoms with Crippen LogP contribution in [-0.2, 0) is 0 Å². The Morgan fingerprint density at radius 2 is 1.16 bits per heavy atom. The number of hydrogen-bond acceptors (Lipinski definition) is 0. The third-order valence-corrected chi connectivity index (χ3v) is 7.16. The van der Waals surface area contributed by atoms with E-state index < -0.39 is 0 Å². The zero-order valence-electron chi connectivity index (χ0n) is 21.0. The van der Waals surface area contributed by atoms with Gasteiger partial charge in [-0.3, -0.25) is 0 Å². The van der Waals surface area contributed by atoms with Gasteiger partial charge >= 0.3 is 0 Å². The summed E-state index contributed by atoms with van der Waals surface area (Å²) in [5.74, 6) is 0. The van der Waals surface area contributed by atoms with Crippen molar-refractivity contribution in [2.45, 2.75) is 6.92 Å². The summed E-state index contributed by atoms with van der Waals surface area (Å²) in [4.78, 5) is 0. The van der Waals surface area contributed by atoms with Gasteiger partial charge in [0, 0.05) is 0 Å². The highest BCUT2D eigenvalue weighted by molar-refractivity contribution is 6.21. The van der Waals surface area contributed by atoms with Gasteiger partial charge in [-0.2, -0.15) is 0 Å². The topological polar surface area (TPSA) is 0 Å². The monoisotopic (exact) mass is 472 g/mol. The van der Waals surface area contributed by atoms with Gasteiger partial charge in [-0.15, -0.1) is 0 Å². The first kappa shape index (κ1) is 22.8. The predicted molar refractivity (Wildman–Crippen MR) is 163 cm³/mol. The van der Waals surface area contributed by atoms with Crippen molar-refractivity contribution < 1.29 is 0 Å². The van der Waals surface area contributed by atoms with Gasteiger partial charge in [0.05, 0.1) is 0 Å². The molecule has 0 saturated carbocycles. The molecule has 6 aromatic carbocycles. The van der Waals surface area contributed by atoms with Gasteiger partial charge in [0.25, 0.3) is 0 Å². The molecule has 0 aliphatic rings. The number of hydrogen-bond donors (Lipinski definition) is 0. The fourth-order valence-electron chi connectivity index (χ4n) is 5.50. The van der Waals surface area contributed by atoms with E-state index in [1.165, 1.54) is 60.1 Å². The van der Waals surface area contributed by atoms with Crippen molar-refractivity contribution in [1.82, 2.24) is 0 Å². The van der Waals surface area contributed by atoms with Crippen LogP contribution in [0.2, 0.25) is 0 Å². The van der Waals surface area contributed by atoms with Crippen LogP contribution in [0, 0.1) is 0 Å². The summed E-state index contributed by atoms with van der Waals surface area (Å²) >= 11 is 0. The summed E-state index contributed by atoms with van der Waals surface area (Å²) in [6.07, 6.45) is 8.20. The first-order valence-electron chi connectivity index (χ1n) is 12.8. The minimum absolute atomic E-state index is 1.12. The molecule has 0 N–H and O–H groups in total. The van der Waals surface area contributed by atoms with Crippen molar-refractivity contribution in [3.05, 3.63) is 152 Å². The highest BCUT2D eigenvalue weighted by Crippen LogP contribution is 2.44. The van der Waals surface area contributed by atoms with Gasteiger partial charge in [-0.05, 0) is 78.7 Å². The second-order valence-corrected chi connectivity index (χ2v) is 9.30. The molecule has 37 heavy (non-hydrogen) atoms. The third-order valence-electron chi connectivity index (χ3n) is 7.16. The summed E-state index contributed by atoms with van der Waals surface area (Å²) in [7, 11) is 0. The first-order chi connectivity index (χ1) is 18.3. The molecule has 0 aliphatic carbocycles. The van der Waals surface area contributed by atoms with E-state index in [9.17, 15) is 0 Å². The van der Waals surface area contributed by atoms with Gasteiger partial charge in [-0.25, -0.2) is 0 Å². The Hall–Kier alpha value is -4.68. The molecule has 0 fully saturated rings. The zero-order chi connectivity index (χ0) is 25.2. The van der Waals surface area contributed by atoms with Crippen LogP contribution in [0.4, 0.5) is 0 Å². The van der Waals surface area contributed by atoms with E-state index in [-0.39, 0.29) is 0 Å². The lowest BCUT2D eigenvalue weighted by molar-refractivity contribution is 1.65. The smallest absolute Gasteiger partial charge is 0.00261 e. The molecule has 176 valence electrons. The molecular weight excluding hydrogens is 444 g/mol. The van der Waals surface area contributed by atoms with E-state index in [2.05, 4.69) is 134 Å². The van der Waals surface area contributed by atoms with Crippen molar-refractivity contribution in [2.24, 2.45) is 0 Å². The predicted octanol–water partition coefficient (Wildman–Crippen LogP) is 10.6. The average molecular weight is 473 g/mol. The number of rotatable bonds is 5. The lowest BCUT2D eigenvalue weighted by Gasteiger charge is -2.18. The SMILES string of the molecule is C=C/C(=C\C=CC)c1cccc2ccc(-c3c4ccccc4c(-c4ccccc4)c4ccccc34)cc12. The lowest BCUT2D eigenvalue weighted by atomic mass is 9.85. The molecule has 0 atom stereocenters. The first-order valence-corrected chi connectivity index (χ1v) is 12.8. The van der Waals surface area contributed by atoms with Crippen molar-refractivity contribution in [1.29, 1.82) is 0 Å². The molecule has 0 heterocycles. The minimum atomic E-state index is 1.12. The van der Waals surface area contributed by atoms with Crippen LogP contribution in [0.3, 0.4) is 0 Å². The van der Waals surface area contributed by atoms with E-state index in [1.807, 2.05) is 19.1 Å². The Bertz CT molecular complexity index is 1770. The molecule has 0 unspecified atom stereocenters. The molecule has 0 spiro atoms. The summed E-state index contributed by atoms with van der Waals surface area (Å²) in [5.41, 5.74) is 7.35. The normalized spacial score (nSPS) is 12.1. The largest absolute Gasteiger partial charge is 0.0984 e. The van der Waals surface area contributed by atoms with Crippen molar-refractivity contribution in [3.63, 3.8) is 0 Å². The number of fused-ring (bicyclic) bond motifs is 3. The van der Waals surface area contributed by atoms with Crippen LogP contribution in [0.5, 0.6) is 0 Å². The molecule has 6 aromatic rings. The molecule has 6 rings (SSSR count). The van der Waals surface area contributed by atoms with Crippen LogP contribution in [-0.4, -0.2) is 0 Å². The third kappa shape index (κ3) is 3.97. The molecule has 0 radical (unpaired) electrons. The van der Waals surface area contributed by atoms with E-state index in [0.717, 1.165) is 5.57 Å². The molecular formula is C37H28. The summed E-state index contributed by atoms with van der Waals surface area (Å²) in [6, 6.07) is 41.8. The fourth-order valence-corrected chi connectivity index (χ4v) is 5.50. The summed E-state index contributed by atoms with van der Waals surface area (Å²) in [6.45, 7) is 6.13. The second-order valence-electron chi connectivity index (χ2n) is 9.30. The average Bonchev–Trinajstić information content (AvgIpc) is 2.96. The summed E-state index contributed by atoms with van der Waals surface area (Å²) in [5, 5.41) is 7.54. The van der Waals surface area contributed by atoms with Gasteiger partial charge in [0.1, 0.15) is 0 Å². The van der Waals surface area contributed by atoms with E-state index in [0.29, 0.717) is 0 Å². The Balaban J connectivity index is 1.71. The Morgan fingerprint density at radius 3 is 1.76 bits per heavy atom. The Morgan fingerprint density at radius 1 is 0.568 bits per heavy atom. The molecule has 0 bridgehead atoms. The molecule has 0 saturated heterocycles. The van der Waals surface area contributed by atoms with E-state index in [4.69, 9.17) is 0 Å². The Labute approximate surface area is 218 Å². The van der Waals surface area contributed by atoms with Crippen LogP contribution < -0.4 is 0 Å². The minimum Gasteiger partial charge on any atom is -0.0984 e. The van der Waals surface area contributed by atoms with Crippen LogP contribution in [0.1, 0.15) is 12.5 Å². The maximum absolute atomic E-state index is 4.10. The second kappa shape index (κ2) is 9.76. The van der Waals surface area contributed by atoms with Crippen molar-refractivity contribution >= 4 is 37.9 Å². The Kier molecular flexibility index (Phi) is 6.00. The van der Waals surface area contributed by atoms with Gasteiger partial charge in [0.2, 0.25) is 0 Å². The quantitative estimate of drug-likeness (QED) is 0.173. The number of allylic oxidation sites excluding steroid dienone is 5. The van der Waals surface area contributed by atoms with Gasteiger partial charge < -0.3 is 0 Å². The molecule has 0 heteroatoms. The molecule has 0 aromatic heterocycles. The molecule has 0 amide bonds.